The van der Waals surface area contributed by atoms with Gasteiger partial charge in [0.2, 0.25) is 0 Å². The molecule has 3 heteroatoms. The largest absolute Gasteiger partial charge is 0.369 e. The third kappa shape index (κ3) is 3.45. The normalized spacial score (nSPS) is 16.7. The van der Waals surface area contributed by atoms with Crippen LogP contribution < -0.4 is 10.6 Å². The first-order valence-corrected chi connectivity index (χ1v) is 6.89. The number of hydrogen-bond donors (Lipinski definition) is 1. The number of rotatable bonds is 6. The van der Waals surface area contributed by atoms with Gasteiger partial charge >= 0.3 is 0 Å². The van der Waals surface area contributed by atoms with Crippen LogP contribution in [0, 0.1) is 11.7 Å². The molecule has 0 amide bonds. The average molecular weight is 250 g/mol. The lowest BCUT2D eigenvalue weighted by Gasteiger charge is -2.24. The molecule has 100 valence electrons. The van der Waals surface area contributed by atoms with Gasteiger partial charge in [-0.25, -0.2) is 4.39 Å². The zero-order chi connectivity index (χ0) is 13.1. The average Bonchev–Trinajstić information content (AvgIpc) is 3.10. The number of hydrogen-bond acceptors (Lipinski definition) is 2. The fourth-order valence-electron chi connectivity index (χ4n) is 2.32. The zero-order valence-corrected chi connectivity index (χ0v) is 11.3. The molecule has 1 atom stereocenters. The fourth-order valence-corrected chi connectivity index (χ4v) is 2.32. The van der Waals surface area contributed by atoms with Crippen molar-refractivity contribution in [3.05, 3.63) is 29.6 Å². The Kier molecular flexibility index (Phi) is 4.23. The van der Waals surface area contributed by atoms with Crippen molar-refractivity contribution >= 4 is 5.69 Å². The molecule has 1 aliphatic carbocycles. The Morgan fingerprint density at radius 2 is 2.17 bits per heavy atom. The van der Waals surface area contributed by atoms with Crippen LogP contribution in [0.5, 0.6) is 0 Å². The fraction of sp³-hybridized carbons (Fsp3) is 0.600. The second-order valence-electron chi connectivity index (χ2n) is 5.45. The summed E-state index contributed by atoms with van der Waals surface area (Å²) in [5.41, 5.74) is 7.45. The smallest absolute Gasteiger partial charge is 0.146 e. The predicted molar refractivity (Wildman–Crippen MR) is 74.4 cm³/mol. The molecule has 0 aromatic heterocycles. The van der Waals surface area contributed by atoms with E-state index in [0.717, 1.165) is 36.7 Å². The van der Waals surface area contributed by atoms with Crippen LogP contribution in [-0.2, 0) is 6.42 Å². The van der Waals surface area contributed by atoms with E-state index < -0.39 is 0 Å². The predicted octanol–water partition coefficient (Wildman–Crippen LogP) is 2.95. The van der Waals surface area contributed by atoms with Crippen LogP contribution in [0.1, 0.15) is 32.3 Å². The summed E-state index contributed by atoms with van der Waals surface area (Å²) in [7, 11) is 0. The lowest BCUT2D eigenvalue weighted by atomic mass is 10.1. The molecule has 0 heterocycles. The SMILES string of the molecule is CCN(CC1CC1)c1ccc(CC(C)N)cc1F. The van der Waals surface area contributed by atoms with Crippen LogP contribution in [0.15, 0.2) is 18.2 Å². The molecule has 0 aliphatic heterocycles. The summed E-state index contributed by atoms with van der Waals surface area (Å²) in [4.78, 5) is 2.14. The lowest BCUT2D eigenvalue weighted by molar-refractivity contribution is 0.609. The third-order valence-corrected chi connectivity index (χ3v) is 3.47. The first-order chi connectivity index (χ1) is 8.60. The molecule has 2 rings (SSSR count). The molecule has 0 radical (unpaired) electrons. The number of benzene rings is 1. The molecule has 1 aliphatic rings. The van der Waals surface area contributed by atoms with Crippen LogP contribution in [0.2, 0.25) is 0 Å². The molecule has 1 aromatic rings. The quantitative estimate of drug-likeness (QED) is 0.841. The molecule has 2 nitrogen and oxygen atoms in total. The zero-order valence-electron chi connectivity index (χ0n) is 11.3. The van der Waals surface area contributed by atoms with Crippen LogP contribution in [0.4, 0.5) is 10.1 Å². The molecule has 1 aromatic carbocycles. The highest BCUT2D eigenvalue weighted by Crippen LogP contribution is 2.32. The first kappa shape index (κ1) is 13.3. The molecular weight excluding hydrogens is 227 g/mol. The van der Waals surface area contributed by atoms with Crippen molar-refractivity contribution in [1.82, 2.24) is 0 Å². The van der Waals surface area contributed by atoms with Crippen LogP contribution in [0.25, 0.3) is 0 Å². The molecule has 1 saturated carbocycles. The number of nitrogens with two attached hydrogens (primary N) is 1. The van der Waals surface area contributed by atoms with Gasteiger partial charge in [0.25, 0.3) is 0 Å². The molecule has 0 bridgehead atoms. The molecule has 0 saturated heterocycles. The van der Waals surface area contributed by atoms with Gasteiger partial charge < -0.3 is 10.6 Å². The van der Waals surface area contributed by atoms with Gasteiger partial charge in [0, 0.05) is 19.1 Å². The first-order valence-electron chi connectivity index (χ1n) is 6.89. The summed E-state index contributed by atoms with van der Waals surface area (Å²) in [6.45, 7) is 5.87. The Hall–Kier alpha value is -1.09. The molecular formula is C15H23FN2. The summed E-state index contributed by atoms with van der Waals surface area (Å²) in [6, 6.07) is 5.61. The lowest BCUT2D eigenvalue weighted by Crippen LogP contribution is -2.26. The van der Waals surface area contributed by atoms with E-state index in [1.165, 1.54) is 12.8 Å². The highest BCUT2D eigenvalue weighted by atomic mass is 19.1. The van der Waals surface area contributed by atoms with E-state index in [2.05, 4.69) is 11.8 Å². The maximum absolute atomic E-state index is 14.1. The van der Waals surface area contributed by atoms with E-state index in [9.17, 15) is 4.39 Å². The van der Waals surface area contributed by atoms with Crippen LogP contribution in [-0.4, -0.2) is 19.1 Å². The minimum absolute atomic E-state index is 0.0731. The van der Waals surface area contributed by atoms with E-state index in [1.807, 2.05) is 19.1 Å². The number of nitrogens with zero attached hydrogens (tertiary/aromatic N) is 1. The van der Waals surface area contributed by atoms with E-state index in [0.29, 0.717) is 0 Å². The maximum Gasteiger partial charge on any atom is 0.146 e. The second kappa shape index (κ2) is 5.70. The summed E-state index contributed by atoms with van der Waals surface area (Å²) in [6.07, 6.45) is 3.31. The highest BCUT2D eigenvalue weighted by Gasteiger charge is 2.24. The summed E-state index contributed by atoms with van der Waals surface area (Å²) in [5, 5.41) is 0. The molecule has 1 unspecified atom stereocenters. The summed E-state index contributed by atoms with van der Waals surface area (Å²) < 4.78 is 14.1. The van der Waals surface area contributed by atoms with Crippen molar-refractivity contribution in [2.75, 3.05) is 18.0 Å². The van der Waals surface area contributed by atoms with Gasteiger partial charge in [-0.05, 0) is 56.7 Å². The van der Waals surface area contributed by atoms with Gasteiger partial charge in [-0.1, -0.05) is 6.07 Å². The third-order valence-electron chi connectivity index (χ3n) is 3.47. The van der Waals surface area contributed by atoms with Crippen LogP contribution >= 0.6 is 0 Å². The number of halogens is 1. The topological polar surface area (TPSA) is 29.3 Å². The summed E-state index contributed by atoms with van der Waals surface area (Å²) in [5.74, 6) is 0.656. The van der Waals surface area contributed by atoms with E-state index in [4.69, 9.17) is 5.73 Å². The van der Waals surface area contributed by atoms with E-state index in [1.54, 1.807) is 6.07 Å². The van der Waals surface area contributed by atoms with Gasteiger partial charge in [-0.2, -0.15) is 0 Å². The van der Waals surface area contributed by atoms with Gasteiger partial charge in [0.05, 0.1) is 5.69 Å². The Morgan fingerprint density at radius 3 is 2.67 bits per heavy atom. The minimum atomic E-state index is -0.115. The maximum atomic E-state index is 14.1. The minimum Gasteiger partial charge on any atom is -0.369 e. The summed E-state index contributed by atoms with van der Waals surface area (Å²) >= 11 is 0. The molecule has 18 heavy (non-hydrogen) atoms. The van der Waals surface area contributed by atoms with Crippen LogP contribution in [0.3, 0.4) is 0 Å². The standard InChI is InChI=1S/C15H23FN2/c1-3-18(10-12-4-5-12)15-7-6-13(8-11(2)17)9-14(15)16/h6-7,9,11-12H,3-5,8,10,17H2,1-2H3. The van der Waals surface area contributed by atoms with E-state index in [-0.39, 0.29) is 11.9 Å². The van der Waals surface area contributed by atoms with Crippen molar-refractivity contribution in [1.29, 1.82) is 0 Å². The van der Waals surface area contributed by atoms with Crippen molar-refractivity contribution in [2.45, 2.75) is 39.2 Å². The van der Waals surface area contributed by atoms with Crippen molar-refractivity contribution < 1.29 is 4.39 Å². The van der Waals surface area contributed by atoms with Gasteiger partial charge in [-0.3, -0.25) is 0 Å². The molecule has 1 fully saturated rings. The van der Waals surface area contributed by atoms with E-state index >= 15 is 0 Å². The van der Waals surface area contributed by atoms with Crippen molar-refractivity contribution in [3.63, 3.8) is 0 Å². The highest BCUT2D eigenvalue weighted by molar-refractivity contribution is 5.49. The number of anilines is 1. The van der Waals surface area contributed by atoms with Gasteiger partial charge in [-0.15, -0.1) is 0 Å². The molecule has 2 N–H and O–H groups in total. The molecule has 0 spiro atoms. The van der Waals surface area contributed by atoms with Crippen molar-refractivity contribution in [2.24, 2.45) is 11.7 Å². The Balaban J connectivity index is 2.11. The Morgan fingerprint density at radius 1 is 1.44 bits per heavy atom. The van der Waals surface area contributed by atoms with Gasteiger partial charge in [0.15, 0.2) is 0 Å². The monoisotopic (exact) mass is 250 g/mol. The Labute approximate surface area is 109 Å². The van der Waals surface area contributed by atoms with Crippen molar-refractivity contribution in [3.8, 4) is 0 Å². The Bertz CT molecular complexity index is 399. The second-order valence-corrected chi connectivity index (χ2v) is 5.45. The van der Waals surface area contributed by atoms with Gasteiger partial charge in [0.1, 0.15) is 5.82 Å².